The lowest BCUT2D eigenvalue weighted by Gasteiger charge is -2.34. The zero-order chi connectivity index (χ0) is 19.7. The highest BCUT2D eigenvalue weighted by atomic mass is 16.2. The van der Waals surface area contributed by atoms with Gasteiger partial charge in [-0.25, -0.2) is 4.98 Å². The van der Waals surface area contributed by atoms with E-state index in [0.717, 1.165) is 44.1 Å². The largest absolute Gasteiger partial charge is 0.342 e. The Kier molecular flexibility index (Phi) is 5.56. The molecule has 1 atom stereocenters. The predicted molar refractivity (Wildman–Crippen MR) is 109 cm³/mol. The van der Waals surface area contributed by atoms with E-state index in [1.54, 1.807) is 0 Å². The van der Waals surface area contributed by atoms with Crippen molar-refractivity contribution in [1.29, 1.82) is 0 Å². The summed E-state index contributed by atoms with van der Waals surface area (Å²) in [5.41, 5.74) is 3.45. The molecule has 0 bridgehead atoms. The smallest absolute Gasteiger partial charge is 0.224 e. The molecular formula is C22H33N5O. The number of carbonyl (C=O) groups excluding carboxylic acids is 1. The lowest BCUT2D eigenvalue weighted by Crippen LogP contribution is -2.40. The van der Waals surface area contributed by atoms with Crippen molar-refractivity contribution >= 4 is 5.91 Å². The van der Waals surface area contributed by atoms with Crippen LogP contribution < -0.4 is 0 Å². The molecule has 4 rings (SSSR count). The second kappa shape index (κ2) is 8.10. The van der Waals surface area contributed by atoms with Crippen LogP contribution in [0.5, 0.6) is 0 Å². The van der Waals surface area contributed by atoms with Crippen molar-refractivity contribution < 1.29 is 4.79 Å². The third kappa shape index (κ3) is 3.87. The highest BCUT2D eigenvalue weighted by Crippen LogP contribution is 2.31. The molecule has 1 saturated carbocycles. The normalized spacial score (nSPS) is 20.4. The van der Waals surface area contributed by atoms with E-state index in [1.165, 1.54) is 36.3 Å². The number of carbonyl (C=O) groups is 1. The van der Waals surface area contributed by atoms with Crippen molar-refractivity contribution in [3.05, 3.63) is 35.2 Å². The van der Waals surface area contributed by atoms with Crippen LogP contribution in [0.2, 0.25) is 0 Å². The van der Waals surface area contributed by atoms with Crippen molar-refractivity contribution in [1.82, 2.24) is 24.2 Å². The fourth-order valence-corrected chi connectivity index (χ4v) is 4.57. The summed E-state index contributed by atoms with van der Waals surface area (Å²) in [4.78, 5) is 19.6. The van der Waals surface area contributed by atoms with Crippen molar-refractivity contribution in [3.8, 4) is 0 Å². The van der Waals surface area contributed by atoms with Gasteiger partial charge in [0.1, 0.15) is 5.82 Å². The summed E-state index contributed by atoms with van der Waals surface area (Å²) in [6.07, 6.45) is 10.8. The first-order chi connectivity index (χ1) is 13.5. The number of hydrogen-bond donors (Lipinski definition) is 0. The second-order valence-electron chi connectivity index (χ2n) is 8.68. The molecule has 1 saturated heterocycles. The molecule has 0 unspecified atom stereocenters. The second-order valence-corrected chi connectivity index (χ2v) is 8.68. The summed E-state index contributed by atoms with van der Waals surface area (Å²) < 4.78 is 4.33. The fourth-order valence-electron chi connectivity index (χ4n) is 4.57. The van der Waals surface area contributed by atoms with Gasteiger partial charge >= 0.3 is 0 Å². The van der Waals surface area contributed by atoms with Crippen molar-refractivity contribution in [3.63, 3.8) is 0 Å². The van der Waals surface area contributed by atoms with Crippen molar-refractivity contribution in [2.45, 2.75) is 78.3 Å². The number of nitrogens with zero attached hydrogens (tertiary/aromatic N) is 5. The number of amides is 1. The molecule has 152 valence electrons. The van der Waals surface area contributed by atoms with E-state index in [4.69, 9.17) is 0 Å². The van der Waals surface area contributed by atoms with Gasteiger partial charge in [-0.3, -0.25) is 9.48 Å². The van der Waals surface area contributed by atoms with E-state index >= 15 is 0 Å². The van der Waals surface area contributed by atoms with Crippen molar-refractivity contribution in [2.75, 3.05) is 13.1 Å². The molecule has 0 radical (unpaired) electrons. The Morgan fingerprint density at radius 3 is 2.68 bits per heavy atom. The van der Waals surface area contributed by atoms with Gasteiger partial charge in [0.2, 0.25) is 5.91 Å². The zero-order valence-electron chi connectivity index (χ0n) is 17.5. The Balaban J connectivity index is 1.36. The molecule has 2 aromatic heterocycles. The minimum absolute atomic E-state index is 0.243. The van der Waals surface area contributed by atoms with Crippen LogP contribution in [0, 0.1) is 26.7 Å². The van der Waals surface area contributed by atoms with Gasteiger partial charge in [0, 0.05) is 56.6 Å². The molecule has 0 aromatic carbocycles. The number of piperidine rings is 1. The highest BCUT2D eigenvalue weighted by Gasteiger charge is 2.28. The number of aromatic nitrogens is 4. The molecule has 0 spiro atoms. The van der Waals surface area contributed by atoms with Crippen LogP contribution >= 0.6 is 0 Å². The van der Waals surface area contributed by atoms with Gasteiger partial charge in [-0.1, -0.05) is 6.42 Å². The van der Waals surface area contributed by atoms with Crippen LogP contribution in [-0.4, -0.2) is 43.2 Å². The molecule has 6 nitrogen and oxygen atoms in total. The van der Waals surface area contributed by atoms with Crippen molar-refractivity contribution in [2.24, 2.45) is 5.92 Å². The molecule has 2 aromatic rings. The molecule has 1 aliphatic heterocycles. The van der Waals surface area contributed by atoms with E-state index in [2.05, 4.69) is 39.6 Å². The molecule has 3 heterocycles. The summed E-state index contributed by atoms with van der Waals surface area (Å²) in [6, 6.07) is 0. The Morgan fingerprint density at radius 2 is 2.00 bits per heavy atom. The maximum atomic E-state index is 12.9. The summed E-state index contributed by atoms with van der Waals surface area (Å²) in [7, 11) is 0. The number of rotatable bonds is 6. The summed E-state index contributed by atoms with van der Waals surface area (Å²) >= 11 is 0. The van der Waals surface area contributed by atoms with Gasteiger partial charge in [0.05, 0.1) is 5.69 Å². The Bertz CT molecular complexity index is 832. The molecule has 6 heteroatoms. The molecular weight excluding hydrogens is 350 g/mol. The zero-order valence-corrected chi connectivity index (χ0v) is 17.5. The van der Waals surface area contributed by atoms with Gasteiger partial charge < -0.3 is 9.47 Å². The molecule has 28 heavy (non-hydrogen) atoms. The van der Waals surface area contributed by atoms with Crippen LogP contribution in [0.4, 0.5) is 0 Å². The first-order valence-corrected chi connectivity index (χ1v) is 10.8. The molecule has 0 N–H and O–H groups in total. The number of hydrogen-bond acceptors (Lipinski definition) is 3. The van der Waals surface area contributed by atoms with Gasteiger partial charge in [-0.2, -0.15) is 5.10 Å². The Hall–Kier alpha value is -2.11. The predicted octanol–water partition coefficient (Wildman–Crippen LogP) is 3.60. The summed E-state index contributed by atoms with van der Waals surface area (Å²) in [5, 5.41) is 4.57. The molecule has 2 fully saturated rings. The van der Waals surface area contributed by atoms with E-state index in [9.17, 15) is 4.79 Å². The topological polar surface area (TPSA) is 56.0 Å². The van der Waals surface area contributed by atoms with E-state index < -0.39 is 0 Å². The average molecular weight is 384 g/mol. The van der Waals surface area contributed by atoms with Gasteiger partial charge in [0.15, 0.2) is 0 Å². The third-order valence-corrected chi connectivity index (χ3v) is 6.85. The first kappa shape index (κ1) is 19.2. The standard InChI is InChI=1S/C22H33N5O/c1-16-17(2)24-27(18(16)3)12-9-21(28)25-11-5-8-20(15-25)22-23-10-13-26(22)14-19-6-4-7-19/h10,13,19-20H,4-9,11-12,14-15H2,1-3H3/t20-/m1/s1. The van der Waals surface area contributed by atoms with Crippen LogP contribution in [0.15, 0.2) is 12.4 Å². The molecule has 1 aliphatic carbocycles. The summed E-state index contributed by atoms with van der Waals surface area (Å²) in [5.74, 6) is 2.60. The quantitative estimate of drug-likeness (QED) is 0.766. The average Bonchev–Trinajstić information content (AvgIpc) is 3.23. The van der Waals surface area contributed by atoms with Gasteiger partial charge in [-0.15, -0.1) is 0 Å². The first-order valence-electron chi connectivity index (χ1n) is 10.8. The lowest BCUT2D eigenvalue weighted by molar-refractivity contribution is -0.132. The minimum atomic E-state index is 0.243. The SMILES string of the molecule is Cc1nn(CCC(=O)N2CCC[C@@H](c3nccn3CC3CCC3)C2)c(C)c1C. The molecule has 2 aliphatic rings. The maximum Gasteiger partial charge on any atom is 0.224 e. The lowest BCUT2D eigenvalue weighted by atomic mass is 9.85. The van der Waals surface area contributed by atoms with Crippen LogP contribution in [0.25, 0.3) is 0 Å². The fraction of sp³-hybridized carbons (Fsp3) is 0.682. The minimum Gasteiger partial charge on any atom is -0.342 e. The van der Waals surface area contributed by atoms with Crippen LogP contribution in [0.1, 0.15) is 67.2 Å². The summed E-state index contributed by atoms with van der Waals surface area (Å²) in [6.45, 7) is 9.64. The number of imidazole rings is 1. The van der Waals surface area contributed by atoms with E-state index in [1.807, 2.05) is 17.8 Å². The monoisotopic (exact) mass is 383 g/mol. The van der Waals surface area contributed by atoms with E-state index in [0.29, 0.717) is 18.9 Å². The Labute approximate surface area is 167 Å². The Morgan fingerprint density at radius 1 is 1.18 bits per heavy atom. The van der Waals surface area contributed by atoms with Gasteiger partial charge in [-0.05, 0) is 57.9 Å². The van der Waals surface area contributed by atoms with Crippen LogP contribution in [-0.2, 0) is 17.9 Å². The highest BCUT2D eigenvalue weighted by molar-refractivity contribution is 5.76. The third-order valence-electron chi connectivity index (χ3n) is 6.85. The maximum absolute atomic E-state index is 12.9. The number of likely N-dealkylation sites (tertiary alicyclic amines) is 1. The molecule has 1 amide bonds. The van der Waals surface area contributed by atoms with Crippen LogP contribution in [0.3, 0.4) is 0 Å². The van der Waals surface area contributed by atoms with Gasteiger partial charge in [0.25, 0.3) is 0 Å². The van der Waals surface area contributed by atoms with E-state index in [-0.39, 0.29) is 5.91 Å². The number of aryl methyl sites for hydroxylation is 2.